The Kier molecular flexibility index (Phi) is 11.8. The number of nitrogens with zero attached hydrogens (tertiary/aromatic N) is 1. The maximum atomic E-state index is 12.9. The standard InChI is InChI=1S/C29H35Cl2N3O.ClH/c30-26-16-23(17-27(31)19-26)21-33-13-4-3-12-32-20-22-10-14-34(15-11-22)29(35)18-25-8-5-7-24-6-1-2-9-28(24)25;/h1-2,5-9,16-17,19,22,32-33H,3-4,10-15,18,20-21H2;1H. The molecule has 1 fully saturated rings. The fraction of sp³-hybridized carbons (Fsp3) is 0.414. The van der Waals surface area contributed by atoms with Crippen LogP contribution in [0.5, 0.6) is 0 Å². The summed E-state index contributed by atoms with van der Waals surface area (Å²) >= 11 is 12.1. The summed E-state index contributed by atoms with van der Waals surface area (Å²) < 4.78 is 0. The predicted octanol–water partition coefficient (Wildman–Crippen LogP) is 6.51. The average Bonchev–Trinajstić information content (AvgIpc) is 2.85. The monoisotopic (exact) mass is 547 g/mol. The van der Waals surface area contributed by atoms with Crippen LogP contribution in [0.1, 0.15) is 36.8 Å². The molecule has 7 heteroatoms. The first-order valence-electron chi connectivity index (χ1n) is 12.7. The van der Waals surface area contributed by atoms with E-state index < -0.39 is 0 Å². The summed E-state index contributed by atoms with van der Waals surface area (Å²) in [6.45, 7) is 5.57. The lowest BCUT2D eigenvalue weighted by atomic mass is 9.95. The van der Waals surface area contributed by atoms with Crippen molar-refractivity contribution in [2.24, 2.45) is 5.92 Å². The summed E-state index contributed by atoms with van der Waals surface area (Å²) in [6.07, 6.45) is 4.92. The van der Waals surface area contributed by atoms with E-state index in [-0.39, 0.29) is 18.3 Å². The fourth-order valence-electron chi connectivity index (χ4n) is 4.86. The minimum Gasteiger partial charge on any atom is -0.342 e. The van der Waals surface area contributed by atoms with Gasteiger partial charge in [-0.25, -0.2) is 0 Å². The molecule has 0 radical (unpaired) electrons. The van der Waals surface area contributed by atoms with E-state index in [1.807, 2.05) is 30.3 Å². The van der Waals surface area contributed by atoms with Crippen molar-refractivity contribution in [1.29, 1.82) is 0 Å². The minimum absolute atomic E-state index is 0. The van der Waals surface area contributed by atoms with Crippen LogP contribution in [-0.4, -0.2) is 43.5 Å². The molecule has 3 aromatic rings. The third-order valence-electron chi connectivity index (χ3n) is 6.83. The predicted molar refractivity (Wildman–Crippen MR) is 154 cm³/mol. The van der Waals surface area contributed by atoms with Crippen molar-refractivity contribution in [3.05, 3.63) is 81.8 Å². The van der Waals surface area contributed by atoms with Crippen molar-refractivity contribution in [3.8, 4) is 0 Å². The van der Waals surface area contributed by atoms with Gasteiger partial charge >= 0.3 is 0 Å². The molecule has 1 aliphatic heterocycles. The van der Waals surface area contributed by atoms with Crippen LogP contribution in [0.25, 0.3) is 10.8 Å². The Morgan fingerprint density at radius 3 is 2.31 bits per heavy atom. The van der Waals surface area contributed by atoms with Gasteiger partial charge in [-0.3, -0.25) is 4.79 Å². The smallest absolute Gasteiger partial charge is 0.227 e. The Morgan fingerprint density at radius 2 is 1.56 bits per heavy atom. The molecular formula is C29H36Cl3N3O. The van der Waals surface area contributed by atoms with Crippen LogP contribution in [-0.2, 0) is 17.8 Å². The number of halogens is 3. The van der Waals surface area contributed by atoms with E-state index >= 15 is 0 Å². The van der Waals surface area contributed by atoms with E-state index in [9.17, 15) is 4.79 Å². The second-order valence-electron chi connectivity index (χ2n) is 9.50. The lowest BCUT2D eigenvalue weighted by Crippen LogP contribution is -2.41. The molecule has 3 aromatic carbocycles. The molecule has 1 aliphatic rings. The molecular weight excluding hydrogens is 513 g/mol. The highest BCUT2D eigenvalue weighted by atomic mass is 35.5. The maximum absolute atomic E-state index is 12.9. The average molecular weight is 549 g/mol. The van der Waals surface area contributed by atoms with Gasteiger partial charge in [-0.05, 0) is 91.3 Å². The van der Waals surface area contributed by atoms with E-state index in [0.717, 1.165) is 76.1 Å². The van der Waals surface area contributed by atoms with E-state index in [2.05, 4.69) is 39.8 Å². The van der Waals surface area contributed by atoms with Gasteiger partial charge in [0.25, 0.3) is 0 Å². The molecule has 0 aliphatic carbocycles. The Balaban J connectivity index is 0.00000361. The van der Waals surface area contributed by atoms with E-state index in [1.165, 1.54) is 10.8 Å². The number of likely N-dealkylation sites (tertiary alicyclic amines) is 1. The number of rotatable bonds is 11. The van der Waals surface area contributed by atoms with Crippen LogP contribution < -0.4 is 10.6 Å². The number of carbonyl (C=O) groups excluding carboxylic acids is 1. The fourth-order valence-corrected chi connectivity index (χ4v) is 5.43. The van der Waals surface area contributed by atoms with Crippen molar-refractivity contribution >= 4 is 52.3 Å². The van der Waals surface area contributed by atoms with Gasteiger partial charge in [0.1, 0.15) is 0 Å². The van der Waals surface area contributed by atoms with Crippen LogP contribution in [0.15, 0.2) is 60.7 Å². The van der Waals surface area contributed by atoms with Gasteiger partial charge < -0.3 is 15.5 Å². The number of hydrogen-bond acceptors (Lipinski definition) is 3. The number of piperidine rings is 1. The summed E-state index contributed by atoms with van der Waals surface area (Å²) in [6, 6.07) is 20.2. The van der Waals surface area contributed by atoms with Crippen molar-refractivity contribution in [3.63, 3.8) is 0 Å². The molecule has 1 amide bonds. The Hall–Kier alpha value is -1.82. The quantitative estimate of drug-likeness (QED) is 0.269. The molecule has 36 heavy (non-hydrogen) atoms. The van der Waals surface area contributed by atoms with Crippen LogP contribution in [0.3, 0.4) is 0 Å². The van der Waals surface area contributed by atoms with Gasteiger partial charge in [0.2, 0.25) is 5.91 Å². The number of nitrogens with one attached hydrogen (secondary N) is 2. The van der Waals surface area contributed by atoms with E-state index in [1.54, 1.807) is 6.07 Å². The lowest BCUT2D eigenvalue weighted by Gasteiger charge is -2.32. The molecule has 0 bridgehead atoms. The lowest BCUT2D eigenvalue weighted by molar-refractivity contribution is -0.131. The first kappa shape index (κ1) is 28.7. The molecule has 0 atom stereocenters. The normalized spacial score (nSPS) is 14.1. The van der Waals surface area contributed by atoms with Gasteiger partial charge in [-0.15, -0.1) is 12.4 Å². The first-order chi connectivity index (χ1) is 17.1. The zero-order valence-corrected chi connectivity index (χ0v) is 23.0. The number of hydrogen-bond donors (Lipinski definition) is 2. The van der Waals surface area contributed by atoms with Crippen molar-refractivity contribution in [2.45, 2.75) is 38.6 Å². The zero-order chi connectivity index (χ0) is 24.5. The third kappa shape index (κ3) is 8.64. The third-order valence-corrected chi connectivity index (χ3v) is 7.27. The van der Waals surface area contributed by atoms with E-state index in [4.69, 9.17) is 23.2 Å². The highest BCUT2D eigenvalue weighted by Crippen LogP contribution is 2.22. The largest absolute Gasteiger partial charge is 0.342 e. The first-order valence-corrected chi connectivity index (χ1v) is 13.4. The van der Waals surface area contributed by atoms with Gasteiger partial charge in [-0.2, -0.15) is 0 Å². The summed E-state index contributed by atoms with van der Waals surface area (Å²) in [7, 11) is 0. The van der Waals surface area contributed by atoms with E-state index in [0.29, 0.717) is 22.4 Å². The summed E-state index contributed by atoms with van der Waals surface area (Å²) in [5, 5.41) is 10.8. The van der Waals surface area contributed by atoms with Crippen LogP contribution >= 0.6 is 35.6 Å². The van der Waals surface area contributed by atoms with Gasteiger partial charge in [0.15, 0.2) is 0 Å². The molecule has 0 unspecified atom stereocenters. The number of benzene rings is 3. The minimum atomic E-state index is 0. The summed E-state index contributed by atoms with van der Waals surface area (Å²) in [4.78, 5) is 15.0. The van der Waals surface area contributed by atoms with Gasteiger partial charge in [-0.1, -0.05) is 65.7 Å². The number of carbonyl (C=O) groups is 1. The summed E-state index contributed by atoms with van der Waals surface area (Å²) in [5.74, 6) is 0.905. The Labute approximate surface area is 231 Å². The second-order valence-corrected chi connectivity index (χ2v) is 10.4. The van der Waals surface area contributed by atoms with Crippen LogP contribution in [0, 0.1) is 5.92 Å². The van der Waals surface area contributed by atoms with Crippen LogP contribution in [0.2, 0.25) is 10.0 Å². The molecule has 4 nitrogen and oxygen atoms in total. The van der Waals surface area contributed by atoms with Crippen molar-refractivity contribution in [1.82, 2.24) is 15.5 Å². The highest BCUT2D eigenvalue weighted by Gasteiger charge is 2.22. The van der Waals surface area contributed by atoms with Gasteiger partial charge in [0.05, 0.1) is 6.42 Å². The molecule has 0 saturated carbocycles. The van der Waals surface area contributed by atoms with Crippen LogP contribution in [0.4, 0.5) is 0 Å². The number of amides is 1. The maximum Gasteiger partial charge on any atom is 0.227 e. The molecule has 4 rings (SSSR count). The molecule has 1 saturated heterocycles. The topological polar surface area (TPSA) is 44.4 Å². The number of unbranched alkanes of at least 4 members (excludes halogenated alkanes) is 1. The van der Waals surface area contributed by atoms with Crippen molar-refractivity contribution < 1.29 is 4.79 Å². The zero-order valence-electron chi connectivity index (χ0n) is 20.6. The summed E-state index contributed by atoms with van der Waals surface area (Å²) in [5.41, 5.74) is 2.24. The van der Waals surface area contributed by atoms with Crippen molar-refractivity contribution in [2.75, 3.05) is 32.7 Å². The molecule has 194 valence electrons. The molecule has 0 spiro atoms. The van der Waals surface area contributed by atoms with Gasteiger partial charge in [0, 0.05) is 29.7 Å². The SMILES string of the molecule is Cl.O=C(Cc1cccc2ccccc12)N1CCC(CNCCCCNCc2cc(Cl)cc(Cl)c2)CC1. The molecule has 0 aromatic heterocycles. The Morgan fingerprint density at radius 1 is 0.889 bits per heavy atom. The molecule has 2 N–H and O–H groups in total. The highest BCUT2D eigenvalue weighted by molar-refractivity contribution is 6.34. The molecule has 1 heterocycles. The second kappa shape index (κ2) is 14.8. The Bertz CT molecular complexity index is 1090. The number of fused-ring (bicyclic) bond motifs is 1.